The summed E-state index contributed by atoms with van der Waals surface area (Å²) in [5, 5.41) is 8.64. The quantitative estimate of drug-likeness (QED) is 0.465. The average molecular weight is 584 g/mol. The largest absolute Gasteiger partial charge is 0.349 e. The SMILES string of the molecule is CN1CCc2sc(C(=O)N[C@@H]3C[C@@H](C(=O)N(C)C)CC[C@@H]3NC(=O)C(=O)Nc3ccc(Cl)cn3)cc2C1.Cl. The third kappa shape index (κ3) is 7.22. The molecule has 2 aliphatic rings. The van der Waals surface area contributed by atoms with Gasteiger partial charge in [-0.1, -0.05) is 11.6 Å². The van der Waals surface area contributed by atoms with Crippen molar-refractivity contribution in [1.29, 1.82) is 0 Å². The molecular weight excluding hydrogens is 551 g/mol. The van der Waals surface area contributed by atoms with E-state index in [1.54, 1.807) is 25.1 Å². The van der Waals surface area contributed by atoms with Crippen molar-refractivity contribution >= 4 is 64.8 Å². The number of anilines is 1. The zero-order chi connectivity index (χ0) is 26.7. The van der Waals surface area contributed by atoms with E-state index in [9.17, 15) is 19.2 Å². The van der Waals surface area contributed by atoms with Crippen LogP contribution in [-0.2, 0) is 27.3 Å². The summed E-state index contributed by atoms with van der Waals surface area (Å²) < 4.78 is 0. The number of nitrogens with one attached hydrogen (secondary N) is 3. The van der Waals surface area contributed by atoms with E-state index in [2.05, 4.69) is 32.9 Å². The minimum Gasteiger partial charge on any atom is -0.349 e. The molecule has 10 nitrogen and oxygen atoms in total. The first-order chi connectivity index (χ1) is 17.6. The molecule has 38 heavy (non-hydrogen) atoms. The van der Waals surface area contributed by atoms with Crippen LogP contribution in [0.1, 0.15) is 39.4 Å². The van der Waals surface area contributed by atoms with Crippen LogP contribution in [0.4, 0.5) is 5.82 Å². The average Bonchev–Trinajstić information content (AvgIpc) is 3.29. The van der Waals surface area contributed by atoms with Crippen LogP contribution in [0.5, 0.6) is 0 Å². The Kier molecular flexibility index (Phi) is 10.1. The van der Waals surface area contributed by atoms with Crippen molar-refractivity contribution in [1.82, 2.24) is 25.4 Å². The van der Waals surface area contributed by atoms with E-state index in [0.717, 1.165) is 25.1 Å². The number of carbonyl (C=O) groups is 4. The van der Waals surface area contributed by atoms with Gasteiger partial charge in [-0.3, -0.25) is 19.2 Å². The molecule has 206 valence electrons. The highest BCUT2D eigenvalue weighted by molar-refractivity contribution is 7.14. The Labute approximate surface area is 236 Å². The van der Waals surface area contributed by atoms with Crippen LogP contribution in [0, 0.1) is 5.92 Å². The summed E-state index contributed by atoms with van der Waals surface area (Å²) >= 11 is 7.30. The van der Waals surface area contributed by atoms with Crippen molar-refractivity contribution in [3.8, 4) is 0 Å². The van der Waals surface area contributed by atoms with Gasteiger partial charge in [-0.2, -0.15) is 0 Å². The summed E-state index contributed by atoms with van der Waals surface area (Å²) in [6.07, 6.45) is 3.61. The van der Waals surface area contributed by atoms with E-state index in [1.807, 2.05) is 6.07 Å². The van der Waals surface area contributed by atoms with Crippen LogP contribution in [0.25, 0.3) is 0 Å². The van der Waals surface area contributed by atoms with Gasteiger partial charge in [0.15, 0.2) is 0 Å². The molecule has 0 radical (unpaired) electrons. The second-order valence-electron chi connectivity index (χ2n) is 9.77. The molecule has 3 atom stereocenters. The Hall–Kier alpha value is -2.73. The van der Waals surface area contributed by atoms with Gasteiger partial charge in [0.25, 0.3) is 5.91 Å². The van der Waals surface area contributed by atoms with Crippen LogP contribution >= 0.6 is 35.3 Å². The fourth-order valence-corrected chi connectivity index (χ4v) is 5.95. The number of halogens is 2. The molecule has 0 saturated heterocycles. The van der Waals surface area contributed by atoms with Crippen molar-refractivity contribution in [2.24, 2.45) is 5.92 Å². The number of carbonyl (C=O) groups excluding carboxylic acids is 4. The lowest BCUT2D eigenvalue weighted by Gasteiger charge is -2.37. The van der Waals surface area contributed by atoms with Crippen molar-refractivity contribution < 1.29 is 19.2 Å². The standard InChI is InChI=1S/C25H31ClN6O4S.ClH/c1-31(2)25(36)14-4-6-17(28-23(34)24(35)30-21-7-5-16(26)12-27-21)18(10-14)29-22(33)20-11-15-13-32(3)9-8-19(15)37-20;/h5,7,11-12,14,17-18H,4,6,8-10,13H2,1-3H3,(H,28,34)(H,29,33)(H,27,30,35);1H/t14-,17-,18+;/m0./s1. The minimum absolute atomic E-state index is 0. The van der Waals surface area contributed by atoms with Crippen LogP contribution in [-0.4, -0.2) is 78.2 Å². The third-order valence-electron chi connectivity index (χ3n) is 6.73. The molecule has 4 amide bonds. The topological polar surface area (TPSA) is 124 Å². The summed E-state index contributed by atoms with van der Waals surface area (Å²) in [4.78, 5) is 60.6. The number of pyridine rings is 1. The first-order valence-corrected chi connectivity index (χ1v) is 13.4. The van der Waals surface area contributed by atoms with Gasteiger partial charge in [0.05, 0.1) is 15.9 Å². The molecule has 3 heterocycles. The Morgan fingerprint density at radius 1 is 1.11 bits per heavy atom. The number of aromatic nitrogens is 1. The maximum Gasteiger partial charge on any atom is 0.314 e. The van der Waals surface area contributed by atoms with Crippen molar-refractivity contribution in [3.05, 3.63) is 44.7 Å². The second-order valence-corrected chi connectivity index (χ2v) is 11.3. The van der Waals surface area contributed by atoms with Crippen LogP contribution in [0.2, 0.25) is 5.02 Å². The van der Waals surface area contributed by atoms with E-state index in [0.29, 0.717) is 29.2 Å². The highest BCUT2D eigenvalue weighted by Gasteiger charge is 2.37. The number of nitrogens with zero attached hydrogens (tertiary/aromatic N) is 3. The Balaban J connectivity index is 0.00000400. The molecule has 2 aromatic rings. The highest BCUT2D eigenvalue weighted by Crippen LogP contribution is 2.30. The van der Waals surface area contributed by atoms with Gasteiger partial charge in [0.2, 0.25) is 5.91 Å². The molecule has 13 heteroatoms. The van der Waals surface area contributed by atoms with Gasteiger partial charge in [0.1, 0.15) is 5.82 Å². The highest BCUT2D eigenvalue weighted by atomic mass is 35.5. The second kappa shape index (κ2) is 12.9. The summed E-state index contributed by atoms with van der Waals surface area (Å²) in [6, 6.07) is 3.95. The Morgan fingerprint density at radius 2 is 1.87 bits per heavy atom. The molecule has 2 aromatic heterocycles. The fourth-order valence-electron chi connectivity index (χ4n) is 4.77. The summed E-state index contributed by atoms with van der Waals surface area (Å²) in [6.45, 7) is 1.76. The predicted molar refractivity (Wildman–Crippen MR) is 149 cm³/mol. The molecule has 0 bridgehead atoms. The minimum atomic E-state index is -0.874. The smallest absolute Gasteiger partial charge is 0.314 e. The van der Waals surface area contributed by atoms with E-state index >= 15 is 0 Å². The normalized spacial score (nSPS) is 20.9. The van der Waals surface area contributed by atoms with Gasteiger partial charge in [-0.15, -0.1) is 23.7 Å². The van der Waals surface area contributed by atoms with Gasteiger partial charge < -0.3 is 25.8 Å². The molecular formula is C25H32Cl2N6O4S. The zero-order valence-electron chi connectivity index (χ0n) is 21.5. The maximum atomic E-state index is 13.2. The lowest BCUT2D eigenvalue weighted by atomic mass is 9.81. The van der Waals surface area contributed by atoms with Gasteiger partial charge >= 0.3 is 11.8 Å². The molecule has 0 unspecified atom stereocenters. The Morgan fingerprint density at radius 3 is 2.55 bits per heavy atom. The van der Waals surface area contributed by atoms with E-state index in [4.69, 9.17) is 11.6 Å². The number of hydrogen-bond donors (Lipinski definition) is 3. The first kappa shape index (κ1) is 29.8. The van der Waals surface area contributed by atoms with E-state index < -0.39 is 23.9 Å². The third-order valence-corrected chi connectivity index (χ3v) is 8.19. The number of likely N-dealkylation sites (N-methyl/N-ethyl adjacent to an activating group) is 1. The molecule has 0 spiro atoms. The predicted octanol–water partition coefficient (Wildman–Crippen LogP) is 2.32. The number of fused-ring (bicyclic) bond motifs is 1. The van der Waals surface area contributed by atoms with Crippen LogP contribution < -0.4 is 16.0 Å². The van der Waals surface area contributed by atoms with Gasteiger partial charge in [0, 0.05) is 50.2 Å². The van der Waals surface area contributed by atoms with Gasteiger partial charge in [-0.05, 0) is 56.5 Å². The fraction of sp³-hybridized carbons (Fsp3) is 0.480. The van der Waals surface area contributed by atoms with E-state index in [1.165, 1.54) is 28.5 Å². The summed E-state index contributed by atoms with van der Waals surface area (Å²) in [7, 11) is 5.45. The van der Waals surface area contributed by atoms with Crippen LogP contribution in [0.3, 0.4) is 0 Å². The lowest BCUT2D eigenvalue weighted by molar-refractivity contribution is -0.137. The molecule has 1 fully saturated rings. The number of amides is 4. The van der Waals surface area contributed by atoms with Gasteiger partial charge in [-0.25, -0.2) is 4.98 Å². The number of hydrogen-bond acceptors (Lipinski definition) is 7. The summed E-state index contributed by atoms with van der Waals surface area (Å²) in [5.74, 6) is -2.06. The summed E-state index contributed by atoms with van der Waals surface area (Å²) in [5.41, 5.74) is 1.16. The van der Waals surface area contributed by atoms with Crippen molar-refractivity contribution in [3.63, 3.8) is 0 Å². The first-order valence-electron chi connectivity index (χ1n) is 12.2. The van der Waals surface area contributed by atoms with E-state index in [-0.39, 0.29) is 36.0 Å². The number of thiophene rings is 1. The molecule has 0 aromatic carbocycles. The van der Waals surface area contributed by atoms with Crippen molar-refractivity contribution in [2.45, 2.75) is 44.3 Å². The maximum absolute atomic E-state index is 13.2. The monoisotopic (exact) mass is 582 g/mol. The molecule has 3 N–H and O–H groups in total. The Bertz CT molecular complexity index is 1190. The molecule has 1 aliphatic heterocycles. The molecule has 4 rings (SSSR count). The van der Waals surface area contributed by atoms with Crippen molar-refractivity contribution in [2.75, 3.05) is 33.0 Å². The molecule has 1 aliphatic carbocycles. The zero-order valence-corrected chi connectivity index (χ0v) is 23.8. The lowest BCUT2D eigenvalue weighted by Crippen LogP contribution is -2.57. The van der Waals surface area contributed by atoms with Crippen LogP contribution in [0.15, 0.2) is 24.4 Å². The molecule has 1 saturated carbocycles. The number of rotatable bonds is 5.